The van der Waals surface area contributed by atoms with Gasteiger partial charge in [0, 0.05) is 156 Å². The van der Waals surface area contributed by atoms with Crippen molar-refractivity contribution in [2.75, 3.05) is 11.9 Å². The number of hydrogen-bond acceptors (Lipinski definition) is 2. The van der Waals surface area contributed by atoms with Crippen molar-refractivity contribution in [2.24, 2.45) is 0 Å². The van der Waals surface area contributed by atoms with Crippen molar-refractivity contribution in [2.45, 2.75) is 25.8 Å². The van der Waals surface area contributed by atoms with Gasteiger partial charge in [0.1, 0.15) is 0 Å². The number of benzene rings is 1. The van der Waals surface area contributed by atoms with Crippen LogP contribution in [0, 0.1) is 17.4 Å². The van der Waals surface area contributed by atoms with Gasteiger partial charge in [-0.15, -0.1) is 12.1 Å². The number of fused-ring (bicyclic) bond motifs is 1. The van der Waals surface area contributed by atoms with Gasteiger partial charge in [-0.3, -0.25) is 0 Å². The minimum Gasteiger partial charge on any atom is -0.371 e. The average molecular weight is 567 g/mol. The van der Waals surface area contributed by atoms with E-state index < -0.39 is 0 Å². The Morgan fingerprint density at radius 1 is 1.20 bits per heavy atom. The first-order valence-electron chi connectivity index (χ1n) is 5.49. The molecule has 4 radical (unpaired) electrons. The van der Waals surface area contributed by atoms with Gasteiger partial charge in [-0.2, -0.15) is 11.6 Å². The first-order chi connectivity index (χ1) is 7.65. The molecule has 1 aliphatic rings. The number of nitriles is 1. The molecule has 1 aromatic carbocycles. The molecule has 1 aliphatic heterocycles. The molecule has 0 spiro atoms. The summed E-state index contributed by atoms with van der Waals surface area (Å²) in [6, 6.07) is 8.75. The molecular formula is C14H15N2Y4-. The molecule has 0 amide bonds. The van der Waals surface area contributed by atoms with Crippen LogP contribution < -0.4 is 4.90 Å². The molecule has 1 aromatic rings. The number of rotatable bonds is 1. The summed E-state index contributed by atoms with van der Waals surface area (Å²) in [6.07, 6.45) is 4.29. The molecule has 0 bridgehead atoms. The maximum absolute atomic E-state index is 8.46. The first kappa shape index (κ1) is 27.5. The van der Waals surface area contributed by atoms with E-state index in [9.17, 15) is 0 Å². The van der Waals surface area contributed by atoms with Crippen LogP contribution >= 0.6 is 0 Å². The van der Waals surface area contributed by atoms with Crippen LogP contribution in [0.2, 0.25) is 0 Å². The zero-order valence-corrected chi connectivity index (χ0v) is 23.5. The van der Waals surface area contributed by atoms with Gasteiger partial charge in [-0.1, -0.05) is 13.0 Å². The second-order valence-electron chi connectivity index (χ2n) is 4.36. The maximum atomic E-state index is 8.46. The molecular weight excluding hydrogens is 552 g/mol. The number of hydrogen-bond donors (Lipinski definition) is 0. The predicted molar refractivity (Wildman–Crippen MR) is 66.0 cm³/mol. The third-order valence-corrected chi connectivity index (χ3v) is 3.56. The summed E-state index contributed by atoms with van der Waals surface area (Å²) >= 11 is 0. The van der Waals surface area contributed by atoms with Crippen LogP contribution in [-0.2, 0) is 131 Å². The molecule has 0 fully saturated rings. The molecule has 1 heterocycles. The Labute approximate surface area is 222 Å². The van der Waals surface area contributed by atoms with Crippen LogP contribution in [0.25, 0.3) is 6.08 Å². The molecule has 20 heavy (non-hydrogen) atoms. The van der Waals surface area contributed by atoms with E-state index >= 15 is 0 Å². The molecule has 6 heteroatoms. The summed E-state index contributed by atoms with van der Waals surface area (Å²) in [4.78, 5) is 2.31. The number of likely N-dealkylation sites (N-methyl/N-ethyl adjacent to an activating group) is 1. The van der Waals surface area contributed by atoms with Crippen molar-refractivity contribution in [3.63, 3.8) is 0 Å². The number of anilines is 1. The van der Waals surface area contributed by atoms with Gasteiger partial charge in [0.25, 0.3) is 0 Å². The number of nitrogens with zero attached hydrogens (tertiary/aromatic N) is 2. The maximum Gasteiger partial charge on any atom is 0.0372 e. The minimum atomic E-state index is 0. The van der Waals surface area contributed by atoms with Crippen LogP contribution in [0.1, 0.15) is 30.9 Å². The average Bonchev–Trinajstić information content (AvgIpc) is 2.52. The topological polar surface area (TPSA) is 27.0 Å². The van der Waals surface area contributed by atoms with Crippen LogP contribution in [0.5, 0.6) is 0 Å². The molecule has 0 saturated carbocycles. The van der Waals surface area contributed by atoms with E-state index in [0.29, 0.717) is 12.0 Å². The van der Waals surface area contributed by atoms with Crippen molar-refractivity contribution in [3.8, 4) is 6.07 Å². The van der Waals surface area contributed by atoms with Gasteiger partial charge in [-0.25, -0.2) is 11.3 Å². The second kappa shape index (κ2) is 13.0. The molecule has 2 unspecified atom stereocenters. The summed E-state index contributed by atoms with van der Waals surface area (Å²) in [5, 5.41) is 8.46. The Hall–Kier alpha value is 2.67. The normalized spacial score (nSPS) is 18.8. The molecule has 2 rings (SSSR count). The zero-order valence-electron chi connectivity index (χ0n) is 12.2. The number of allylic oxidation sites excluding steroid dienone is 1. The SMILES string of the molecule is CC1c2cc(C=[C-]C#N)ccc2N(C)C1C.[Y].[Y].[Y].[Y]. The van der Waals surface area contributed by atoms with E-state index in [1.165, 1.54) is 11.3 Å². The molecule has 94 valence electrons. The van der Waals surface area contributed by atoms with E-state index in [4.69, 9.17) is 5.26 Å². The standard InChI is InChI=1S/C14H15N2.4Y/c1-10-11(2)16(3)14-7-6-12(5-4-8-15)9-13(10)14;;;;/h5-7,9-11H,1-3H3;;;;/q-1;;;;. The summed E-state index contributed by atoms with van der Waals surface area (Å²) in [7, 11) is 2.13. The van der Waals surface area contributed by atoms with E-state index in [1.807, 2.05) is 12.1 Å². The fourth-order valence-electron chi connectivity index (χ4n) is 2.28. The minimum absolute atomic E-state index is 0. The van der Waals surface area contributed by atoms with Crippen molar-refractivity contribution in [1.29, 1.82) is 5.26 Å². The third-order valence-electron chi connectivity index (χ3n) is 3.56. The monoisotopic (exact) mass is 567 g/mol. The Bertz CT molecular complexity index is 483. The molecule has 0 N–H and O–H groups in total. The Morgan fingerprint density at radius 2 is 1.80 bits per heavy atom. The van der Waals surface area contributed by atoms with Crippen LogP contribution in [0.4, 0.5) is 5.69 Å². The summed E-state index contributed by atoms with van der Waals surface area (Å²) in [6.45, 7) is 4.48. The van der Waals surface area contributed by atoms with Gasteiger partial charge in [-0.05, 0) is 18.6 Å². The van der Waals surface area contributed by atoms with E-state index in [0.717, 1.165) is 5.56 Å². The van der Waals surface area contributed by atoms with Gasteiger partial charge >= 0.3 is 0 Å². The predicted octanol–water partition coefficient (Wildman–Crippen LogP) is 2.96. The summed E-state index contributed by atoms with van der Waals surface area (Å²) < 4.78 is 0. The van der Waals surface area contributed by atoms with E-state index in [2.05, 4.69) is 44.0 Å². The quantitative estimate of drug-likeness (QED) is 0.386. The largest absolute Gasteiger partial charge is 0.371 e. The first-order valence-corrected chi connectivity index (χ1v) is 5.49. The molecule has 0 aliphatic carbocycles. The van der Waals surface area contributed by atoms with E-state index in [1.54, 1.807) is 6.08 Å². The van der Waals surface area contributed by atoms with Crippen LogP contribution in [0.3, 0.4) is 0 Å². The molecule has 2 atom stereocenters. The van der Waals surface area contributed by atoms with E-state index in [-0.39, 0.29) is 131 Å². The summed E-state index contributed by atoms with van der Waals surface area (Å²) in [5.74, 6) is 0.537. The zero-order chi connectivity index (χ0) is 11.7. The fourth-order valence-corrected chi connectivity index (χ4v) is 2.28. The smallest absolute Gasteiger partial charge is 0.0372 e. The molecule has 0 saturated heterocycles. The molecule has 0 aromatic heterocycles. The van der Waals surface area contributed by atoms with Gasteiger partial charge in [0.15, 0.2) is 0 Å². The fraction of sp³-hybridized carbons (Fsp3) is 0.357. The van der Waals surface area contributed by atoms with Crippen molar-refractivity contribution in [1.82, 2.24) is 0 Å². The van der Waals surface area contributed by atoms with Gasteiger partial charge in [0.2, 0.25) is 0 Å². The van der Waals surface area contributed by atoms with Gasteiger partial charge < -0.3 is 4.90 Å². The Morgan fingerprint density at radius 3 is 2.35 bits per heavy atom. The molecule has 2 nitrogen and oxygen atoms in total. The van der Waals surface area contributed by atoms with Gasteiger partial charge in [0.05, 0.1) is 0 Å². The van der Waals surface area contributed by atoms with Crippen molar-refractivity contribution in [3.05, 3.63) is 35.4 Å². The Kier molecular flexibility index (Phi) is 17.9. The summed E-state index contributed by atoms with van der Waals surface area (Å²) in [5.41, 5.74) is 3.72. The van der Waals surface area contributed by atoms with Crippen molar-refractivity contribution < 1.29 is 131 Å². The van der Waals surface area contributed by atoms with Crippen LogP contribution in [0.15, 0.2) is 18.2 Å². The van der Waals surface area contributed by atoms with Crippen molar-refractivity contribution >= 4 is 11.8 Å². The second-order valence-corrected chi connectivity index (χ2v) is 4.36. The van der Waals surface area contributed by atoms with Crippen LogP contribution in [-0.4, -0.2) is 13.1 Å². The third kappa shape index (κ3) is 6.28. The Balaban J connectivity index is -0.000000722.